The molecule has 3 fully saturated rings. The Balaban J connectivity index is 1.77. The maximum absolute atomic E-state index is 13.4. The first-order valence-corrected chi connectivity index (χ1v) is 12.2. The van der Waals surface area contributed by atoms with Crippen LogP contribution in [0.5, 0.6) is 0 Å². The van der Waals surface area contributed by atoms with Crippen molar-refractivity contribution in [2.45, 2.75) is 76.9 Å². The van der Waals surface area contributed by atoms with E-state index in [1.807, 2.05) is 13.8 Å². The van der Waals surface area contributed by atoms with E-state index < -0.39 is 54.7 Å². The van der Waals surface area contributed by atoms with Crippen LogP contribution in [0.4, 0.5) is 13.2 Å². The molecular formula is C23H34F3N3O6. The number of ether oxygens (including phenoxy) is 1. The SMILES string of the molecule is CC(C)CC(O)C(=O)N1CC2CCCC2[C@H]1C(=O)NC(CC1CCNC1=O)C(=O)COC(F)(F)F. The number of ketones is 1. The Morgan fingerprint density at radius 2 is 1.94 bits per heavy atom. The topological polar surface area (TPSA) is 125 Å². The molecule has 35 heavy (non-hydrogen) atoms. The predicted octanol–water partition coefficient (Wildman–Crippen LogP) is 1.14. The van der Waals surface area contributed by atoms with Crippen molar-refractivity contribution in [3.05, 3.63) is 0 Å². The van der Waals surface area contributed by atoms with E-state index in [0.717, 1.165) is 12.8 Å². The summed E-state index contributed by atoms with van der Waals surface area (Å²) in [6.45, 7) is 3.10. The molecule has 1 aliphatic carbocycles. The smallest absolute Gasteiger partial charge is 0.383 e. The predicted molar refractivity (Wildman–Crippen MR) is 116 cm³/mol. The van der Waals surface area contributed by atoms with Gasteiger partial charge in [0.15, 0.2) is 5.78 Å². The zero-order valence-corrected chi connectivity index (χ0v) is 20.0. The van der Waals surface area contributed by atoms with Crippen LogP contribution in [0, 0.1) is 23.7 Å². The molecule has 0 radical (unpaired) electrons. The van der Waals surface area contributed by atoms with Crippen LogP contribution in [0.2, 0.25) is 0 Å². The molecule has 0 bridgehead atoms. The lowest BCUT2D eigenvalue weighted by molar-refractivity contribution is -0.321. The third-order valence-corrected chi connectivity index (χ3v) is 7.19. The highest BCUT2D eigenvalue weighted by Crippen LogP contribution is 2.42. The number of amides is 3. The largest absolute Gasteiger partial charge is 0.522 e. The number of aliphatic hydroxyl groups excluding tert-OH is 1. The van der Waals surface area contributed by atoms with Gasteiger partial charge in [-0.3, -0.25) is 23.9 Å². The van der Waals surface area contributed by atoms with Gasteiger partial charge in [-0.05, 0) is 49.9 Å². The number of halogens is 3. The summed E-state index contributed by atoms with van der Waals surface area (Å²) in [4.78, 5) is 52.4. The van der Waals surface area contributed by atoms with Gasteiger partial charge in [-0.15, -0.1) is 13.2 Å². The monoisotopic (exact) mass is 505 g/mol. The van der Waals surface area contributed by atoms with Crippen molar-refractivity contribution >= 4 is 23.5 Å². The molecule has 2 aliphatic heterocycles. The molecule has 3 aliphatic rings. The second kappa shape index (κ2) is 11.2. The molecule has 3 rings (SSSR count). The minimum Gasteiger partial charge on any atom is -0.383 e. The van der Waals surface area contributed by atoms with Crippen molar-refractivity contribution in [3.8, 4) is 0 Å². The number of fused-ring (bicyclic) bond motifs is 1. The van der Waals surface area contributed by atoms with Gasteiger partial charge in [0.1, 0.15) is 18.8 Å². The van der Waals surface area contributed by atoms with E-state index in [0.29, 0.717) is 25.9 Å². The van der Waals surface area contributed by atoms with Crippen molar-refractivity contribution in [2.75, 3.05) is 19.7 Å². The number of nitrogens with one attached hydrogen (secondary N) is 2. The number of carbonyl (C=O) groups excluding carboxylic acids is 4. The van der Waals surface area contributed by atoms with Gasteiger partial charge < -0.3 is 20.6 Å². The van der Waals surface area contributed by atoms with Crippen molar-refractivity contribution in [2.24, 2.45) is 23.7 Å². The highest BCUT2D eigenvalue weighted by atomic mass is 19.4. The molecule has 0 aromatic carbocycles. The number of hydrogen-bond donors (Lipinski definition) is 3. The van der Waals surface area contributed by atoms with E-state index in [1.165, 1.54) is 4.90 Å². The Kier molecular flexibility index (Phi) is 8.79. The summed E-state index contributed by atoms with van der Waals surface area (Å²) in [5, 5.41) is 15.5. The van der Waals surface area contributed by atoms with Crippen LogP contribution in [-0.4, -0.2) is 77.8 Å². The Bertz CT molecular complexity index is 821. The average Bonchev–Trinajstić information content (AvgIpc) is 3.46. The van der Waals surface area contributed by atoms with Gasteiger partial charge in [-0.25, -0.2) is 0 Å². The van der Waals surface area contributed by atoms with Crippen molar-refractivity contribution in [1.82, 2.24) is 15.5 Å². The molecule has 9 nitrogen and oxygen atoms in total. The number of Topliss-reactive ketones (excluding diaryl/α,β-unsaturated/α-hetero) is 1. The van der Waals surface area contributed by atoms with Crippen LogP contribution < -0.4 is 10.6 Å². The number of carbonyl (C=O) groups is 4. The number of rotatable bonds is 10. The first kappa shape index (κ1) is 27.4. The fourth-order valence-corrected chi connectivity index (χ4v) is 5.54. The number of aliphatic hydroxyl groups is 1. The zero-order chi connectivity index (χ0) is 25.9. The van der Waals surface area contributed by atoms with E-state index in [2.05, 4.69) is 15.4 Å². The summed E-state index contributed by atoms with van der Waals surface area (Å²) in [6.07, 6.45) is -3.46. The Morgan fingerprint density at radius 1 is 1.23 bits per heavy atom. The molecular weight excluding hydrogens is 471 g/mol. The Hall–Kier alpha value is -2.21. The Morgan fingerprint density at radius 3 is 2.54 bits per heavy atom. The highest BCUT2D eigenvalue weighted by Gasteiger charge is 2.51. The van der Waals surface area contributed by atoms with E-state index in [4.69, 9.17) is 0 Å². The molecule has 0 spiro atoms. The number of alkyl halides is 3. The molecule has 2 saturated heterocycles. The second-order valence-corrected chi connectivity index (χ2v) is 10.2. The lowest BCUT2D eigenvalue weighted by Crippen LogP contribution is -2.55. The fraction of sp³-hybridized carbons (Fsp3) is 0.826. The normalized spacial score (nSPS) is 28.1. The lowest BCUT2D eigenvalue weighted by atomic mass is 9.92. The standard InChI is InChI=1S/C23H34F3N3O6/c1-12(2)8-17(30)22(34)29-10-14-4-3-5-15(14)19(29)21(33)28-16(9-13-6-7-27-20(13)32)18(31)11-35-23(24,25)26/h12-17,19,30H,3-11H2,1-2H3,(H,27,32)(H,28,33)/t13?,14?,15?,16?,17?,19-/m0/s1. The van der Waals surface area contributed by atoms with E-state index in [9.17, 15) is 37.5 Å². The molecule has 0 aromatic rings. The van der Waals surface area contributed by atoms with Gasteiger partial charge >= 0.3 is 6.36 Å². The molecule has 0 aromatic heterocycles. The number of nitrogens with zero attached hydrogens (tertiary/aromatic N) is 1. The summed E-state index contributed by atoms with van der Waals surface area (Å²) < 4.78 is 41.2. The van der Waals surface area contributed by atoms with Crippen LogP contribution >= 0.6 is 0 Å². The average molecular weight is 506 g/mol. The molecule has 12 heteroatoms. The molecule has 1 saturated carbocycles. The summed E-state index contributed by atoms with van der Waals surface area (Å²) in [7, 11) is 0. The van der Waals surface area contributed by atoms with Gasteiger partial charge in [0.05, 0.1) is 6.04 Å². The van der Waals surface area contributed by atoms with Crippen molar-refractivity contribution in [3.63, 3.8) is 0 Å². The van der Waals surface area contributed by atoms with E-state index >= 15 is 0 Å². The van der Waals surface area contributed by atoms with Gasteiger partial charge in [0.2, 0.25) is 11.8 Å². The number of hydrogen-bond acceptors (Lipinski definition) is 6. The first-order chi connectivity index (χ1) is 16.4. The first-order valence-electron chi connectivity index (χ1n) is 12.2. The summed E-state index contributed by atoms with van der Waals surface area (Å²) in [6, 6.07) is -2.32. The fourth-order valence-electron chi connectivity index (χ4n) is 5.54. The van der Waals surface area contributed by atoms with Crippen LogP contribution in [0.1, 0.15) is 52.4 Å². The second-order valence-electron chi connectivity index (χ2n) is 10.2. The van der Waals surface area contributed by atoms with Gasteiger partial charge in [-0.2, -0.15) is 0 Å². The van der Waals surface area contributed by atoms with Crippen LogP contribution in [0.25, 0.3) is 0 Å². The van der Waals surface area contributed by atoms with Gasteiger partial charge in [0.25, 0.3) is 5.91 Å². The molecule has 6 atom stereocenters. The summed E-state index contributed by atoms with van der Waals surface area (Å²) >= 11 is 0. The zero-order valence-electron chi connectivity index (χ0n) is 20.0. The molecule has 3 amide bonds. The summed E-state index contributed by atoms with van der Waals surface area (Å²) in [5.74, 6) is -3.24. The van der Waals surface area contributed by atoms with Crippen LogP contribution in [-0.2, 0) is 23.9 Å². The van der Waals surface area contributed by atoms with Crippen LogP contribution in [0.15, 0.2) is 0 Å². The van der Waals surface area contributed by atoms with Crippen molar-refractivity contribution in [1.29, 1.82) is 0 Å². The van der Waals surface area contributed by atoms with Crippen molar-refractivity contribution < 1.29 is 42.2 Å². The molecule has 5 unspecified atom stereocenters. The highest BCUT2D eigenvalue weighted by molar-refractivity contribution is 5.95. The molecule has 3 N–H and O–H groups in total. The number of likely N-dealkylation sites (tertiary alicyclic amines) is 1. The maximum atomic E-state index is 13.4. The third-order valence-electron chi connectivity index (χ3n) is 7.19. The van der Waals surface area contributed by atoms with E-state index in [-0.39, 0.29) is 36.5 Å². The molecule has 198 valence electrons. The maximum Gasteiger partial charge on any atom is 0.522 e. The lowest BCUT2D eigenvalue weighted by Gasteiger charge is -2.31. The third kappa shape index (κ3) is 6.93. The summed E-state index contributed by atoms with van der Waals surface area (Å²) in [5.41, 5.74) is 0. The van der Waals surface area contributed by atoms with Crippen LogP contribution in [0.3, 0.4) is 0 Å². The minimum absolute atomic E-state index is 0.0523. The van der Waals surface area contributed by atoms with Gasteiger partial charge in [0, 0.05) is 19.0 Å². The minimum atomic E-state index is -5.02. The Labute approximate surface area is 202 Å². The van der Waals surface area contributed by atoms with E-state index in [1.54, 1.807) is 0 Å². The molecule has 2 heterocycles. The van der Waals surface area contributed by atoms with Gasteiger partial charge in [-0.1, -0.05) is 20.3 Å². The quantitative estimate of drug-likeness (QED) is 0.409.